The van der Waals surface area contributed by atoms with Gasteiger partial charge in [-0.25, -0.2) is 0 Å². The molecule has 1 saturated carbocycles. The Balaban J connectivity index is 1.41. The van der Waals surface area contributed by atoms with Crippen LogP contribution < -0.4 is 5.32 Å². The highest BCUT2D eigenvalue weighted by molar-refractivity contribution is 5.94. The molecule has 0 bridgehead atoms. The van der Waals surface area contributed by atoms with Gasteiger partial charge in [-0.2, -0.15) is 13.2 Å². The Kier molecular flexibility index (Phi) is 7.75. The van der Waals surface area contributed by atoms with Gasteiger partial charge in [0.1, 0.15) is 6.61 Å². The van der Waals surface area contributed by atoms with Crippen LogP contribution >= 0.6 is 0 Å². The first-order valence-corrected chi connectivity index (χ1v) is 10.6. The van der Waals surface area contributed by atoms with Crippen LogP contribution in [0.25, 0.3) is 0 Å². The number of nitrogens with zero attached hydrogens (tertiary/aromatic N) is 1. The maximum atomic E-state index is 12.6. The summed E-state index contributed by atoms with van der Waals surface area (Å²) in [6.45, 7) is -0.127. The monoisotopic (exact) mass is 426 g/mol. The van der Waals surface area contributed by atoms with Gasteiger partial charge in [0.25, 0.3) is 5.91 Å². The molecule has 1 heterocycles. The molecular weight excluding hydrogens is 397 g/mol. The Morgan fingerprint density at radius 2 is 1.63 bits per heavy atom. The third-order valence-electron chi connectivity index (χ3n) is 5.85. The van der Waals surface area contributed by atoms with Gasteiger partial charge in [-0.3, -0.25) is 9.59 Å². The van der Waals surface area contributed by atoms with E-state index < -0.39 is 12.8 Å². The summed E-state index contributed by atoms with van der Waals surface area (Å²) in [5, 5.41) is 3.00. The molecule has 0 spiro atoms. The molecule has 1 aromatic rings. The third kappa shape index (κ3) is 6.72. The SMILES string of the molecule is O=C(NC1CCN(C(=O)C2CCCCC2)CC1)c1ccc(COCC(F)(F)F)cc1. The minimum atomic E-state index is -4.35. The van der Waals surface area contributed by atoms with Crippen molar-refractivity contribution in [1.29, 1.82) is 0 Å². The van der Waals surface area contributed by atoms with E-state index >= 15 is 0 Å². The number of hydrogen-bond donors (Lipinski definition) is 1. The number of ether oxygens (including phenoxy) is 1. The molecule has 0 unspecified atom stereocenters. The van der Waals surface area contributed by atoms with Crippen molar-refractivity contribution in [2.24, 2.45) is 5.92 Å². The highest BCUT2D eigenvalue weighted by Gasteiger charge is 2.30. The first kappa shape index (κ1) is 22.6. The summed E-state index contributed by atoms with van der Waals surface area (Å²) in [5.41, 5.74) is 1.03. The van der Waals surface area contributed by atoms with Crippen LogP contribution in [0.15, 0.2) is 24.3 Å². The smallest absolute Gasteiger partial charge is 0.367 e. The largest absolute Gasteiger partial charge is 0.411 e. The van der Waals surface area contributed by atoms with E-state index in [0.717, 1.165) is 38.5 Å². The lowest BCUT2D eigenvalue weighted by Crippen LogP contribution is -2.48. The number of amides is 2. The van der Waals surface area contributed by atoms with Crippen molar-refractivity contribution in [2.75, 3.05) is 19.7 Å². The molecule has 5 nitrogen and oxygen atoms in total. The van der Waals surface area contributed by atoms with E-state index in [9.17, 15) is 22.8 Å². The lowest BCUT2D eigenvalue weighted by Gasteiger charge is -2.35. The number of alkyl halides is 3. The summed E-state index contributed by atoms with van der Waals surface area (Å²) >= 11 is 0. The Bertz CT molecular complexity index is 707. The molecule has 1 aromatic carbocycles. The van der Waals surface area contributed by atoms with Crippen molar-refractivity contribution >= 4 is 11.8 Å². The van der Waals surface area contributed by atoms with Crippen molar-refractivity contribution in [3.05, 3.63) is 35.4 Å². The Morgan fingerprint density at radius 3 is 2.23 bits per heavy atom. The normalized spacial score (nSPS) is 19.0. The Morgan fingerprint density at radius 1 is 1.00 bits per heavy atom. The molecule has 3 rings (SSSR count). The molecule has 0 radical (unpaired) electrons. The van der Waals surface area contributed by atoms with Gasteiger partial charge in [-0.15, -0.1) is 0 Å². The standard InChI is InChI=1S/C22H29F3N2O3/c23-22(24,25)15-30-14-16-6-8-17(9-7-16)20(28)26-19-10-12-27(13-11-19)21(29)18-4-2-1-3-5-18/h6-9,18-19H,1-5,10-15H2,(H,26,28). The minimum absolute atomic E-state index is 0.0164. The maximum Gasteiger partial charge on any atom is 0.411 e. The van der Waals surface area contributed by atoms with E-state index in [2.05, 4.69) is 10.1 Å². The number of carbonyl (C=O) groups is 2. The average Bonchev–Trinajstić information content (AvgIpc) is 2.74. The van der Waals surface area contributed by atoms with Gasteiger partial charge in [-0.05, 0) is 43.4 Å². The fourth-order valence-electron chi connectivity index (χ4n) is 4.16. The van der Waals surface area contributed by atoms with Crippen molar-refractivity contribution in [1.82, 2.24) is 10.2 Å². The molecular formula is C22H29F3N2O3. The van der Waals surface area contributed by atoms with Crippen molar-refractivity contribution in [2.45, 2.75) is 63.8 Å². The van der Waals surface area contributed by atoms with Crippen LogP contribution in [-0.2, 0) is 16.1 Å². The maximum absolute atomic E-state index is 12.6. The van der Waals surface area contributed by atoms with E-state index in [4.69, 9.17) is 0 Å². The average molecular weight is 426 g/mol. The Hall–Kier alpha value is -2.09. The van der Waals surface area contributed by atoms with Crippen LogP contribution in [0.3, 0.4) is 0 Å². The molecule has 1 aliphatic heterocycles. The molecule has 8 heteroatoms. The van der Waals surface area contributed by atoms with E-state index in [-0.39, 0.29) is 30.4 Å². The zero-order chi connectivity index (χ0) is 21.6. The molecule has 0 aromatic heterocycles. The first-order valence-electron chi connectivity index (χ1n) is 10.6. The number of hydrogen-bond acceptors (Lipinski definition) is 3. The third-order valence-corrected chi connectivity index (χ3v) is 5.85. The lowest BCUT2D eigenvalue weighted by molar-refractivity contribution is -0.176. The number of carbonyl (C=O) groups excluding carboxylic acids is 2. The summed E-state index contributed by atoms with van der Waals surface area (Å²) < 4.78 is 41.0. The summed E-state index contributed by atoms with van der Waals surface area (Å²) in [7, 11) is 0. The summed E-state index contributed by atoms with van der Waals surface area (Å²) in [4.78, 5) is 27.0. The zero-order valence-corrected chi connectivity index (χ0v) is 17.0. The Labute approximate surface area is 175 Å². The van der Waals surface area contributed by atoms with Crippen LogP contribution in [0.5, 0.6) is 0 Å². The number of nitrogens with one attached hydrogen (secondary N) is 1. The van der Waals surface area contributed by atoms with Crippen LogP contribution in [-0.4, -0.2) is 48.6 Å². The molecule has 30 heavy (non-hydrogen) atoms. The predicted molar refractivity (Wildman–Crippen MR) is 106 cm³/mol. The number of benzene rings is 1. The van der Waals surface area contributed by atoms with Gasteiger partial charge in [0.2, 0.25) is 5.91 Å². The van der Waals surface area contributed by atoms with Crippen molar-refractivity contribution < 1.29 is 27.5 Å². The molecule has 166 valence electrons. The minimum Gasteiger partial charge on any atom is -0.367 e. The predicted octanol–water partition coefficient (Wildman–Crippen LogP) is 4.07. The van der Waals surface area contributed by atoms with Gasteiger partial charge >= 0.3 is 6.18 Å². The molecule has 1 aliphatic carbocycles. The first-order chi connectivity index (χ1) is 14.3. The van der Waals surface area contributed by atoms with Gasteiger partial charge < -0.3 is 15.0 Å². The number of halogens is 3. The summed E-state index contributed by atoms with van der Waals surface area (Å²) in [6.07, 6.45) is 2.59. The van der Waals surface area contributed by atoms with Gasteiger partial charge in [0.05, 0.1) is 6.61 Å². The van der Waals surface area contributed by atoms with Crippen LogP contribution in [0.1, 0.15) is 60.9 Å². The number of piperidine rings is 1. The molecule has 1 saturated heterocycles. The molecule has 2 amide bonds. The van der Waals surface area contributed by atoms with E-state index in [1.165, 1.54) is 6.42 Å². The van der Waals surface area contributed by atoms with Gasteiger partial charge in [0.15, 0.2) is 0 Å². The zero-order valence-electron chi connectivity index (χ0n) is 17.0. The fraction of sp³-hybridized carbons (Fsp3) is 0.636. The van der Waals surface area contributed by atoms with E-state index in [1.807, 2.05) is 4.90 Å². The van der Waals surface area contributed by atoms with Gasteiger partial charge in [0, 0.05) is 30.6 Å². The fourth-order valence-corrected chi connectivity index (χ4v) is 4.16. The van der Waals surface area contributed by atoms with E-state index in [1.54, 1.807) is 24.3 Å². The second-order valence-corrected chi connectivity index (χ2v) is 8.21. The van der Waals surface area contributed by atoms with Crippen LogP contribution in [0, 0.1) is 5.92 Å². The number of rotatable bonds is 6. The topological polar surface area (TPSA) is 58.6 Å². The summed E-state index contributed by atoms with van der Waals surface area (Å²) in [6, 6.07) is 6.38. The van der Waals surface area contributed by atoms with Gasteiger partial charge in [-0.1, -0.05) is 31.4 Å². The van der Waals surface area contributed by atoms with E-state index in [0.29, 0.717) is 24.2 Å². The quantitative estimate of drug-likeness (QED) is 0.746. The van der Waals surface area contributed by atoms with Crippen LogP contribution in [0.4, 0.5) is 13.2 Å². The lowest BCUT2D eigenvalue weighted by atomic mass is 9.87. The molecule has 0 atom stereocenters. The molecule has 2 fully saturated rings. The van der Waals surface area contributed by atoms with Crippen molar-refractivity contribution in [3.63, 3.8) is 0 Å². The molecule has 1 N–H and O–H groups in total. The second-order valence-electron chi connectivity index (χ2n) is 8.21. The summed E-state index contributed by atoms with van der Waals surface area (Å²) in [5.74, 6) is 0.223. The van der Waals surface area contributed by atoms with Crippen molar-refractivity contribution in [3.8, 4) is 0 Å². The second kappa shape index (κ2) is 10.3. The molecule has 2 aliphatic rings. The van der Waals surface area contributed by atoms with Crippen LogP contribution in [0.2, 0.25) is 0 Å². The highest BCUT2D eigenvalue weighted by atomic mass is 19.4. The number of likely N-dealkylation sites (tertiary alicyclic amines) is 1. The highest BCUT2D eigenvalue weighted by Crippen LogP contribution is 2.26.